The van der Waals surface area contributed by atoms with Crippen LogP contribution in [0.1, 0.15) is 12.0 Å². The molecular formula is C17H14O3. The summed E-state index contributed by atoms with van der Waals surface area (Å²) in [5.74, 6) is 0.821. The first-order valence-corrected chi connectivity index (χ1v) is 6.45. The molecule has 0 unspecified atom stereocenters. The van der Waals surface area contributed by atoms with Crippen molar-refractivity contribution in [3.63, 3.8) is 0 Å². The number of benzene rings is 1. The van der Waals surface area contributed by atoms with E-state index in [9.17, 15) is 9.59 Å². The van der Waals surface area contributed by atoms with E-state index in [0.717, 1.165) is 16.9 Å². The van der Waals surface area contributed by atoms with Gasteiger partial charge in [0.1, 0.15) is 5.75 Å². The van der Waals surface area contributed by atoms with Crippen molar-refractivity contribution in [3.8, 4) is 5.75 Å². The van der Waals surface area contributed by atoms with Gasteiger partial charge in [-0.05, 0) is 41.5 Å². The number of hydrogen-bond acceptors (Lipinski definition) is 3. The third kappa shape index (κ3) is 2.01. The number of hydrogen-bond donors (Lipinski definition) is 0. The molecule has 3 nitrogen and oxygen atoms in total. The average molecular weight is 266 g/mol. The lowest BCUT2D eigenvalue weighted by Crippen LogP contribution is -2.18. The molecule has 1 spiro atoms. The fourth-order valence-electron chi connectivity index (χ4n) is 2.72. The number of rotatable bonds is 2. The third-order valence-corrected chi connectivity index (χ3v) is 3.76. The van der Waals surface area contributed by atoms with Crippen molar-refractivity contribution in [2.75, 3.05) is 7.11 Å². The van der Waals surface area contributed by atoms with Crippen LogP contribution in [0, 0.1) is 5.41 Å². The molecule has 0 atom stereocenters. The van der Waals surface area contributed by atoms with Crippen LogP contribution in [0.15, 0.2) is 54.6 Å². The summed E-state index contributed by atoms with van der Waals surface area (Å²) >= 11 is 0. The molecule has 0 aromatic heterocycles. The number of ketones is 2. The van der Waals surface area contributed by atoms with Crippen LogP contribution < -0.4 is 4.74 Å². The molecule has 0 saturated carbocycles. The monoisotopic (exact) mass is 266 g/mol. The molecule has 0 N–H and O–H groups in total. The molecule has 2 aliphatic carbocycles. The molecule has 100 valence electrons. The minimum atomic E-state index is -0.473. The van der Waals surface area contributed by atoms with Gasteiger partial charge in [0.15, 0.2) is 11.6 Å². The van der Waals surface area contributed by atoms with E-state index < -0.39 is 5.41 Å². The Labute approximate surface area is 117 Å². The Morgan fingerprint density at radius 3 is 2.30 bits per heavy atom. The molecule has 1 aromatic rings. The van der Waals surface area contributed by atoms with Crippen molar-refractivity contribution in [2.45, 2.75) is 6.42 Å². The van der Waals surface area contributed by atoms with Crippen LogP contribution in [0.2, 0.25) is 0 Å². The minimum absolute atomic E-state index is 0.0379. The van der Waals surface area contributed by atoms with E-state index in [0.29, 0.717) is 6.42 Å². The van der Waals surface area contributed by atoms with Gasteiger partial charge >= 0.3 is 0 Å². The average Bonchev–Trinajstić information content (AvgIpc) is 2.79. The van der Waals surface area contributed by atoms with E-state index in [-0.39, 0.29) is 11.6 Å². The second kappa shape index (κ2) is 4.60. The fourth-order valence-corrected chi connectivity index (χ4v) is 2.72. The first-order valence-electron chi connectivity index (χ1n) is 6.45. The molecule has 20 heavy (non-hydrogen) atoms. The lowest BCUT2D eigenvalue weighted by molar-refractivity contribution is -0.115. The number of methoxy groups -OCH3 is 1. The highest BCUT2D eigenvalue weighted by Gasteiger charge is 2.38. The van der Waals surface area contributed by atoms with Crippen molar-refractivity contribution >= 4 is 17.1 Å². The molecule has 0 heterocycles. The summed E-state index contributed by atoms with van der Waals surface area (Å²) in [5.41, 5.74) is 1.44. The van der Waals surface area contributed by atoms with Crippen LogP contribution in [0.5, 0.6) is 5.75 Å². The molecule has 2 aliphatic rings. The molecule has 3 rings (SSSR count). The van der Waals surface area contributed by atoms with Gasteiger partial charge in [-0.15, -0.1) is 0 Å². The first kappa shape index (κ1) is 12.6. The molecule has 0 saturated heterocycles. The zero-order chi connectivity index (χ0) is 14.2. The van der Waals surface area contributed by atoms with Gasteiger partial charge in [0.25, 0.3) is 0 Å². The molecule has 0 radical (unpaired) electrons. The van der Waals surface area contributed by atoms with Gasteiger partial charge in [0.2, 0.25) is 0 Å². The molecule has 0 bridgehead atoms. The van der Waals surface area contributed by atoms with E-state index in [1.165, 1.54) is 12.2 Å². The predicted octanol–water partition coefficient (Wildman–Crippen LogP) is 2.73. The highest BCUT2D eigenvalue weighted by Crippen LogP contribution is 2.47. The van der Waals surface area contributed by atoms with Crippen LogP contribution in [0.25, 0.3) is 5.57 Å². The van der Waals surface area contributed by atoms with E-state index in [1.54, 1.807) is 13.2 Å². The largest absolute Gasteiger partial charge is 0.497 e. The Balaban J connectivity index is 2.03. The van der Waals surface area contributed by atoms with Gasteiger partial charge in [0.05, 0.1) is 7.11 Å². The Morgan fingerprint density at radius 2 is 1.70 bits per heavy atom. The standard InChI is InChI=1S/C17H14O3/c1-20-15-4-2-12(3-5-15)16-10-14(19)11-17(16)8-6-13(18)7-9-17/h2-10H,11H2,1H3. The third-order valence-electron chi connectivity index (χ3n) is 3.76. The van der Waals surface area contributed by atoms with Crippen molar-refractivity contribution < 1.29 is 14.3 Å². The summed E-state index contributed by atoms with van der Waals surface area (Å²) in [6, 6.07) is 7.61. The number of allylic oxidation sites excluding steroid dienone is 6. The number of carbonyl (C=O) groups is 2. The van der Waals surface area contributed by atoms with Gasteiger partial charge in [-0.2, -0.15) is 0 Å². The molecule has 0 amide bonds. The lowest BCUT2D eigenvalue weighted by Gasteiger charge is -2.27. The van der Waals surface area contributed by atoms with Crippen molar-refractivity contribution in [1.29, 1.82) is 0 Å². The predicted molar refractivity (Wildman–Crippen MR) is 76.3 cm³/mol. The van der Waals surface area contributed by atoms with Crippen LogP contribution in [-0.4, -0.2) is 18.7 Å². The Hall–Kier alpha value is -2.42. The van der Waals surface area contributed by atoms with Gasteiger partial charge in [-0.1, -0.05) is 24.3 Å². The Morgan fingerprint density at radius 1 is 1.05 bits per heavy atom. The second-order valence-corrected chi connectivity index (χ2v) is 5.04. The van der Waals surface area contributed by atoms with Crippen LogP contribution in [0.4, 0.5) is 0 Å². The molecule has 0 fully saturated rings. The summed E-state index contributed by atoms with van der Waals surface area (Å²) in [4.78, 5) is 23.2. The molecule has 1 aromatic carbocycles. The van der Waals surface area contributed by atoms with Crippen LogP contribution >= 0.6 is 0 Å². The topological polar surface area (TPSA) is 43.4 Å². The number of carbonyl (C=O) groups excluding carboxylic acids is 2. The van der Waals surface area contributed by atoms with E-state index >= 15 is 0 Å². The van der Waals surface area contributed by atoms with E-state index in [2.05, 4.69) is 0 Å². The Kier molecular flexibility index (Phi) is 2.90. The lowest BCUT2D eigenvalue weighted by atomic mass is 9.75. The van der Waals surface area contributed by atoms with Gasteiger partial charge < -0.3 is 4.74 Å². The van der Waals surface area contributed by atoms with E-state index in [4.69, 9.17) is 4.74 Å². The van der Waals surface area contributed by atoms with Gasteiger partial charge in [-0.25, -0.2) is 0 Å². The van der Waals surface area contributed by atoms with Crippen molar-refractivity contribution in [2.24, 2.45) is 5.41 Å². The Bertz CT molecular complexity index is 644. The minimum Gasteiger partial charge on any atom is -0.497 e. The zero-order valence-corrected chi connectivity index (χ0v) is 11.1. The van der Waals surface area contributed by atoms with Gasteiger partial charge in [-0.3, -0.25) is 9.59 Å². The quantitative estimate of drug-likeness (QED) is 0.826. The number of ether oxygens (including phenoxy) is 1. The fraction of sp³-hybridized carbons (Fsp3) is 0.176. The molecule has 3 heteroatoms. The summed E-state index contributed by atoms with van der Waals surface area (Å²) in [5, 5.41) is 0. The van der Waals surface area contributed by atoms with E-state index in [1.807, 2.05) is 36.4 Å². The second-order valence-electron chi connectivity index (χ2n) is 5.04. The highest BCUT2D eigenvalue weighted by atomic mass is 16.5. The summed E-state index contributed by atoms with van der Waals surface area (Å²) in [7, 11) is 1.62. The highest BCUT2D eigenvalue weighted by molar-refractivity contribution is 6.08. The summed E-state index contributed by atoms with van der Waals surface area (Å²) < 4.78 is 5.14. The summed E-state index contributed by atoms with van der Waals surface area (Å²) in [6.45, 7) is 0. The first-order chi connectivity index (χ1) is 9.63. The maximum Gasteiger partial charge on any atom is 0.178 e. The molecular weight excluding hydrogens is 252 g/mol. The maximum absolute atomic E-state index is 11.9. The van der Waals surface area contributed by atoms with Crippen LogP contribution in [0.3, 0.4) is 0 Å². The maximum atomic E-state index is 11.9. The summed E-state index contributed by atoms with van der Waals surface area (Å²) in [6.07, 6.45) is 8.79. The smallest absolute Gasteiger partial charge is 0.178 e. The molecule has 0 aliphatic heterocycles. The SMILES string of the molecule is COc1ccc(C2=CC(=O)CC23C=CC(=O)C=C3)cc1. The van der Waals surface area contributed by atoms with Crippen molar-refractivity contribution in [1.82, 2.24) is 0 Å². The normalized spacial score (nSPS) is 19.6. The zero-order valence-electron chi connectivity index (χ0n) is 11.1. The van der Waals surface area contributed by atoms with Gasteiger partial charge in [0, 0.05) is 11.8 Å². The van der Waals surface area contributed by atoms with Crippen LogP contribution in [-0.2, 0) is 9.59 Å². The van der Waals surface area contributed by atoms with Crippen molar-refractivity contribution in [3.05, 3.63) is 60.2 Å².